The molecule has 2 aromatic carbocycles. The fourth-order valence-corrected chi connectivity index (χ4v) is 7.24. The predicted molar refractivity (Wildman–Crippen MR) is 159 cm³/mol. The fourth-order valence-electron chi connectivity index (χ4n) is 4.74. The number of carbonyl (C=O) groups excluding carboxylic acids is 1. The van der Waals surface area contributed by atoms with E-state index in [1.165, 1.54) is 16.4 Å². The lowest BCUT2D eigenvalue weighted by molar-refractivity contribution is 0.0947. The molecule has 4 rings (SSSR count). The highest BCUT2D eigenvalue weighted by molar-refractivity contribution is 7.89. The molecular formula is C28H39N5O5S2. The van der Waals surface area contributed by atoms with E-state index >= 15 is 0 Å². The Morgan fingerprint density at radius 2 is 1.77 bits per heavy atom. The molecule has 12 heteroatoms. The van der Waals surface area contributed by atoms with Crippen LogP contribution in [-0.4, -0.2) is 95.1 Å². The first-order valence-electron chi connectivity index (χ1n) is 13.7. The highest BCUT2D eigenvalue weighted by Crippen LogP contribution is 2.40. The van der Waals surface area contributed by atoms with Gasteiger partial charge in [-0.1, -0.05) is 31.6 Å². The summed E-state index contributed by atoms with van der Waals surface area (Å²) in [6, 6.07) is 10.1. The number of piperazine rings is 1. The zero-order valence-corrected chi connectivity index (χ0v) is 25.3. The number of nitrogens with one attached hydrogen (secondary N) is 1. The van der Waals surface area contributed by atoms with E-state index in [0.717, 1.165) is 60.9 Å². The molecule has 1 aliphatic rings. The number of hydrogen-bond donors (Lipinski definition) is 1. The van der Waals surface area contributed by atoms with Gasteiger partial charge in [0.15, 0.2) is 16.6 Å². The van der Waals surface area contributed by atoms with Gasteiger partial charge in [0.2, 0.25) is 10.0 Å². The van der Waals surface area contributed by atoms with Crippen LogP contribution in [-0.2, 0) is 10.0 Å². The molecule has 0 bridgehead atoms. The maximum Gasteiger partial charge on any atom is 0.251 e. The number of nitrogens with zero attached hydrogens (tertiary/aromatic N) is 4. The summed E-state index contributed by atoms with van der Waals surface area (Å²) in [5.41, 5.74) is 1.26. The van der Waals surface area contributed by atoms with Gasteiger partial charge in [-0.25, -0.2) is 13.4 Å². The molecule has 0 radical (unpaired) electrons. The summed E-state index contributed by atoms with van der Waals surface area (Å²) in [7, 11) is -0.311. The number of fused-ring (bicyclic) bond motifs is 1. The lowest BCUT2D eigenvalue weighted by Crippen LogP contribution is -2.48. The molecule has 10 nitrogen and oxygen atoms in total. The summed E-state index contributed by atoms with van der Waals surface area (Å²) in [5, 5.41) is 3.93. The van der Waals surface area contributed by atoms with Crippen LogP contribution in [0.25, 0.3) is 10.2 Å². The van der Waals surface area contributed by atoms with Crippen LogP contribution in [0.5, 0.6) is 11.5 Å². The Kier molecular flexibility index (Phi) is 10.2. The van der Waals surface area contributed by atoms with E-state index in [9.17, 15) is 13.2 Å². The van der Waals surface area contributed by atoms with Gasteiger partial charge in [0.1, 0.15) is 5.52 Å². The minimum absolute atomic E-state index is 0.209. The van der Waals surface area contributed by atoms with E-state index in [0.29, 0.717) is 36.7 Å². The van der Waals surface area contributed by atoms with Crippen molar-refractivity contribution in [1.29, 1.82) is 0 Å². The highest BCUT2D eigenvalue weighted by atomic mass is 32.2. The Labute approximate surface area is 240 Å². The molecule has 0 spiro atoms. The number of anilines is 1. The minimum atomic E-state index is -3.56. The molecule has 0 saturated carbocycles. The number of ether oxygens (including phenoxy) is 2. The molecule has 2 heterocycles. The van der Waals surface area contributed by atoms with E-state index in [4.69, 9.17) is 14.5 Å². The second-order valence-electron chi connectivity index (χ2n) is 9.60. The molecule has 1 aromatic heterocycles. The number of amides is 1. The van der Waals surface area contributed by atoms with Crippen molar-refractivity contribution in [3.63, 3.8) is 0 Å². The Balaban J connectivity index is 1.26. The van der Waals surface area contributed by atoms with Crippen molar-refractivity contribution in [3.05, 3.63) is 42.0 Å². The van der Waals surface area contributed by atoms with Crippen molar-refractivity contribution >= 4 is 42.6 Å². The van der Waals surface area contributed by atoms with Crippen LogP contribution in [0.4, 0.5) is 5.13 Å². The van der Waals surface area contributed by atoms with Gasteiger partial charge in [-0.15, -0.1) is 0 Å². The molecule has 218 valence electrons. The quantitative estimate of drug-likeness (QED) is 0.322. The molecule has 1 aliphatic heterocycles. The smallest absolute Gasteiger partial charge is 0.251 e. The Morgan fingerprint density at radius 3 is 2.40 bits per heavy atom. The largest absolute Gasteiger partial charge is 0.493 e. The van der Waals surface area contributed by atoms with E-state index in [2.05, 4.69) is 15.1 Å². The minimum Gasteiger partial charge on any atom is -0.493 e. The molecule has 0 atom stereocenters. The van der Waals surface area contributed by atoms with E-state index in [-0.39, 0.29) is 10.8 Å². The zero-order valence-electron chi connectivity index (χ0n) is 23.7. The van der Waals surface area contributed by atoms with Crippen molar-refractivity contribution in [2.75, 3.05) is 71.5 Å². The number of unbranched alkanes of at least 4 members (excludes halogenated alkanes) is 1. The van der Waals surface area contributed by atoms with Gasteiger partial charge in [-0.05, 0) is 42.8 Å². The normalized spacial score (nSPS) is 14.6. The Hall–Kier alpha value is -2.93. The number of thiazole rings is 1. The molecule has 0 aliphatic carbocycles. The van der Waals surface area contributed by atoms with Crippen molar-refractivity contribution < 1.29 is 22.7 Å². The third-order valence-corrected chi connectivity index (χ3v) is 10.2. The lowest BCUT2D eigenvalue weighted by Gasteiger charge is -2.34. The van der Waals surface area contributed by atoms with Crippen LogP contribution < -0.4 is 19.7 Å². The highest BCUT2D eigenvalue weighted by Gasteiger charge is 2.24. The Bertz CT molecular complexity index is 1390. The number of carbonyl (C=O) groups is 1. The first-order chi connectivity index (χ1) is 19.3. The van der Waals surface area contributed by atoms with Crippen LogP contribution in [0.3, 0.4) is 0 Å². The summed E-state index contributed by atoms with van der Waals surface area (Å²) >= 11 is 1.64. The Morgan fingerprint density at radius 1 is 1.05 bits per heavy atom. The SMILES string of the molecule is CCCCN(CC)S(=O)(=O)c1ccc(C(=O)NCCN2CCN(c3nc4c(OC)c(OC)ccc4s3)CC2)cc1. The summed E-state index contributed by atoms with van der Waals surface area (Å²) in [6.45, 7) is 9.46. The second kappa shape index (κ2) is 13.6. The van der Waals surface area contributed by atoms with Crippen LogP contribution in [0.2, 0.25) is 0 Å². The van der Waals surface area contributed by atoms with Gasteiger partial charge in [0.05, 0.1) is 23.8 Å². The number of hydrogen-bond acceptors (Lipinski definition) is 9. The predicted octanol–water partition coefficient (Wildman–Crippen LogP) is 3.68. The number of sulfonamides is 1. The van der Waals surface area contributed by atoms with Gasteiger partial charge in [0.25, 0.3) is 5.91 Å². The molecule has 3 aromatic rings. The van der Waals surface area contributed by atoms with E-state index < -0.39 is 10.0 Å². The molecule has 1 fully saturated rings. The maximum absolute atomic E-state index is 12.9. The van der Waals surface area contributed by atoms with Crippen LogP contribution in [0.1, 0.15) is 37.0 Å². The molecule has 0 unspecified atom stereocenters. The average Bonchev–Trinajstić information content (AvgIpc) is 3.41. The third kappa shape index (κ3) is 6.68. The van der Waals surface area contributed by atoms with Crippen LogP contribution >= 0.6 is 11.3 Å². The van der Waals surface area contributed by atoms with Gasteiger partial charge >= 0.3 is 0 Å². The molecule has 40 heavy (non-hydrogen) atoms. The van der Waals surface area contributed by atoms with Crippen molar-refractivity contribution in [2.24, 2.45) is 0 Å². The first kappa shape index (κ1) is 30.0. The molecule has 1 saturated heterocycles. The van der Waals surface area contributed by atoms with Gasteiger partial charge in [-0.3, -0.25) is 9.69 Å². The standard InChI is InChI=1S/C28H39N5O5S2/c1-5-7-15-33(6-2)40(35,36)22-10-8-21(9-11-22)27(34)29-14-16-31-17-19-32(20-18-31)28-30-25-24(39-28)13-12-23(37-3)26(25)38-4/h8-13H,5-7,14-20H2,1-4H3,(H,29,34). The van der Waals surface area contributed by atoms with Gasteiger partial charge in [0, 0.05) is 57.9 Å². The second-order valence-corrected chi connectivity index (χ2v) is 12.6. The summed E-state index contributed by atoms with van der Waals surface area (Å²) in [5.74, 6) is 1.12. The monoisotopic (exact) mass is 589 g/mol. The third-order valence-electron chi connectivity index (χ3n) is 7.12. The number of rotatable bonds is 13. The number of methoxy groups -OCH3 is 2. The van der Waals surface area contributed by atoms with Crippen molar-refractivity contribution in [1.82, 2.24) is 19.5 Å². The van der Waals surface area contributed by atoms with Gasteiger partial charge < -0.3 is 19.7 Å². The van der Waals surface area contributed by atoms with Crippen molar-refractivity contribution in [2.45, 2.75) is 31.6 Å². The number of aromatic nitrogens is 1. The molecular weight excluding hydrogens is 550 g/mol. The van der Waals surface area contributed by atoms with Gasteiger partial charge in [-0.2, -0.15) is 4.31 Å². The van der Waals surface area contributed by atoms with E-state index in [1.807, 2.05) is 26.0 Å². The summed E-state index contributed by atoms with van der Waals surface area (Å²) < 4.78 is 39.3. The van der Waals surface area contributed by atoms with E-state index in [1.54, 1.807) is 37.7 Å². The molecule has 1 N–H and O–H groups in total. The van der Waals surface area contributed by atoms with Crippen LogP contribution in [0.15, 0.2) is 41.3 Å². The van der Waals surface area contributed by atoms with Crippen molar-refractivity contribution in [3.8, 4) is 11.5 Å². The number of benzene rings is 2. The average molecular weight is 590 g/mol. The summed E-state index contributed by atoms with van der Waals surface area (Å²) in [6.07, 6.45) is 1.74. The van der Waals surface area contributed by atoms with Crippen LogP contribution in [0, 0.1) is 0 Å². The maximum atomic E-state index is 12.9. The topological polar surface area (TPSA) is 104 Å². The summed E-state index contributed by atoms with van der Waals surface area (Å²) in [4.78, 5) is 22.3. The first-order valence-corrected chi connectivity index (χ1v) is 15.9. The fraction of sp³-hybridized carbons (Fsp3) is 0.500. The molecule has 1 amide bonds. The zero-order chi connectivity index (χ0) is 28.7. The lowest BCUT2D eigenvalue weighted by atomic mass is 10.2.